The summed E-state index contributed by atoms with van der Waals surface area (Å²) in [5, 5.41) is 0. The van der Waals surface area contributed by atoms with Crippen molar-refractivity contribution >= 4 is 17.5 Å². The van der Waals surface area contributed by atoms with Gasteiger partial charge in [0.25, 0.3) is 0 Å². The lowest BCUT2D eigenvalue weighted by molar-refractivity contribution is -0.124. The van der Waals surface area contributed by atoms with E-state index in [1.165, 1.54) is 11.3 Å². The molecule has 1 aromatic rings. The molecular weight excluding hydrogens is 302 g/mol. The van der Waals surface area contributed by atoms with Crippen LogP contribution in [-0.2, 0) is 9.59 Å². The fourth-order valence-electron chi connectivity index (χ4n) is 5.12. The Morgan fingerprint density at radius 2 is 1.58 bits per heavy atom. The Hall–Kier alpha value is -2.10. The third kappa shape index (κ3) is 1.80. The molecule has 2 bridgehead atoms. The minimum Gasteiger partial charge on any atom is -0.494 e. The van der Waals surface area contributed by atoms with Gasteiger partial charge in [0.05, 0.1) is 24.1 Å². The van der Waals surface area contributed by atoms with Crippen LogP contribution in [0.3, 0.4) is 0 Å². The first-order valence-electron chi connectivity index (χ1n) is 8.99. The van der Waals surface area contributed by atoms with Gasteiger partial charge in [-0.15, -0.1) is 0 Å². The number of imide groups is 1. The lowest BCUT2D eigenvalue weighted by atomic mass is 9.63. The van der Waals surface area contributed by atoms with E-state index in [2.05, 4.69) is 19.1 Å². The highest BCUT2D eigenvalue weighted by atomic mass is 16.5. The fourth-order valence-corrected chi connectivity index (χ4v) is 5.12. The third-order valence-electron chi connectivity index (χ3n) is 6.23. The van der Waals surface area contributed by atoms with Crippen LogP contribution < -0.4 is 9.64 Å². The molecule has 4 aliphatic carbocycles. The molecule has 4 heteroatoms. The summed E-state index contributed by atoms with van der Waals surface area (Å²) in [6.07, 6.45) is 6.55. The molecule has 0 radical (unpaired) electrons. The second-order valence-corrected chi connectivity index (χ2v) is 7.51. The molecule has 0 unspecified atom stereocenters. The van der Waals surface area contributed by atoms with Crippen LogP contribution in [0.4, 0.5) is 5.69 Å². The van der Waals surface area contributed by atoms with E-state index in [9.17, 15) is 9.59 Å². The zero-order valence-corrected chi connectivity index (χ0v) is 13.7. The molecular formula is C20H21NO3. The first-order chi connectivity index (χ1) is 11.7. The normalized spacial score (nSPS) is 38.3. The molecule has 4 nitrogen and oxygen atoms in total. The van der Waals surface area contributed by atoms with Crippen LogP contribution in [0.2, 0.25) is 0 Å². The van der Waals surface area contributed by atoms with E-state index < -0.39 is 0 Å². The lowest BCUT2D eigenvalue weighted by Gasteiger charge is -2.37. The van der Waals surface area contributed by atoms with Gasteiger partial charge in [-0.05, 0) is 60.8 Å². The van der Waals surface area contributed by atoms with Gasteiger partial charge in [0.15, 0.2) is 0 Å². The van der Waals surface area contributed by atoms with Crippen molar-refractivity contribution in [3.63, 3.8) is 0 Å². The van der Waals surface area contributed by atoms with Crippen molar-refractivity contribution in [3.05, 3.63) is 36.4 Å². The number of benzene rings is 1. The van der Waals surface area contributed by atoms with Gasteiger partial charge >= 0.3 is 0 Å². The monoisotopic (exact) mass is 323 g/mol. The van der Waals surface area contributed by atoms with Crippen LogP contribution >= 0.6 is 0 Å². The van der Waals surface area contributed by atoms with Crippen molar-refractivity contribution in [1.82, 2.24) is 0 Å². The number of carbonyl (C=O) groups is 2. The second kappa shape index (κ2) is 4.95. The van der Waals surface area contributed by atoms with Crippen molar-refractivity contribution < 1.29 is 14.3 Å². The molecule has 2 amide bonds. The van der Waals surface area contributed by atoms with Crippen molar-refractivity contribution in [2.75, 3.05) is 11.5 Å². The highest BCUT2D eigenvalue weighted by molar-refractivity contribution is 6.22. The molecule has 0 N–H and O–H groups in total. The largest absolute Gasteiger partial charge is 0.494 e. The lowest BCUT2D eigenvalue weighted by Crippen LogP contribution is -2.40. The van der Waals surface area contributed by atoms with Crippen LogP contribution in [0.25, 0.3) is 0 Å². The first kappa shape index (κ1) is 14.3. The molecule has 124 valence electrons. The van der Waals surface area contributed by atoms with Crippen molar-refractivity contribution in [2.45, 2.75) is 19.8 Å². The second-order valence-electron chi connectivity index (χ2n) is 7.51. The molecule has 0 spiro atoms. The van der Waals surface area contributed by atoms with E-state index in [0.717, 1.165) is 12.2 Å². The van der Waals surface area contributed by atoms with Gasteiger partial charge in [-0.3, -0.25) is 14.5 Å². The summed E-state index contributed by atoms with van der Waals surface area (Å²) in [6, 6.07) is 7.35. The average molecular weight is 323 g/mol. The predicted molar refractivity (Wildman–Crippen MR) is 89.4 cm³/mol. The maximum Gasteiger partial charge on any atom is 0.238 e. The van der Waals surface area contributed by atoms with Crippen LogP contribution in [0, 0.1) is 35.5 Å². The van der Waals surface area contributed by atoms with E-state index in [-0.39, 0.29) is 35.5 Å². The third-order valence-corrected chi connectivity index (χ3v) is 6.23. The number of rotatable bonds is 4. The molecule has 24 heavy (non-hydrogen) atoms. The predicted octanol–water partition coefficient (Wildman–Crippen LogP) is 3.03. The van der Waals surface area contributed by atoms with Crippen molar-refractivity contribution in [3.8, 4) is 5.75 Å². The van der Waals surface area contributed by atoms with E-state index >= 15 is 0 Å². The fraction of sp³-hybridized carbons (Fsp3) is 0.500. The highest BCUT2D eigenvalue weighted by Crippen LogP contribution is 2.65. The molecule has 0 aromatic heterocycles. The van der Waals surface area contributed by atoms with Gasteiger partial charge in [0.1, 0.15) is 5.75 Å². The zero-order valence-electron chi connectivity index (χ0n) is 13.7. The Bertz CT molecular complexity index is 702. The Labute approximate surface area is 141 Å². The Morgan fingerprint density at radius 3 is 2.12 bits per heavy atom. The number of nitrogens with zero attached hydrogens (tertiary/aromatic N) is 1. The zero-order chi connectivity index (χ0) is 16.4. The maximum atomic E-state index is 13.0. The topological polar surface area (TPSA) is 46.6 Å². The van der Waals surface area contributed by atoms with Gasteiger partial charge in [-0.2, -0.15) is 0 Å². The number of anilines is 1. The SMILES string of the molecule is CCCOc1ccc(N2C(=O)[C@@H]3[C@@H]4C=C[C@H]([C@H]5C[C@@H]45)[C@@H]3C2=O)cc1. The van der Waals surface area contributed by atoms with Gasteiger partial charge in [-0.1, -0.05) is 19.1 Å². The summed E-state index contributed by atoms with van der Waals surface area (Å²) in [6.45, 7) is 2.73. The van der Waals surface area contributed by atoms with Gasteiger partial charge < -0.3 is 4.74 Å². The van der Waals surface area contributed by atoms with Crippen LogP contribution in [-0.4, -0.2) is 18.4 Å². The summed E-state index contributed by atoms with van der Waals surface area (Å²) < 4.78 is 5.59. The molecule has 1 heterocycles. The summed E-state index contributed by atoms with van der Waals surface area (Å²) in [5.41, 5.74) is 0.677. The van der Waals surface area contributed by atoms with Crippen LogP contribution in [0.15, 0.2) is 36.4 Å². The van der Waals surface area contributed by atoms with Gasteiger partial charge in [0.2, 0.25) is 11.8 Å². The van der Waals surface area contributed by atoms with E-state index in [1.54, 1.807) is 0 Å². The minimum absolute atomic E-state index is 0.00285. The van der Waals surface area contributed by atoms with E-state index in [0.29, 0.717) is 24.1 Å². The molecule has 6 rings (SSSR count). The first-order valence-corrected chi connectivity index (χ1v) is 8.99. The summed E-state index contributed by atoms with van der Waals surface area (Å²) in [5.74, 6) is 2.34. The number of allylic oxidation sites excluding steroid dienone is 2. The van der Waals surface area contributed by atoms with Crippen LogP contribution in [0.5, 0.6) is 5.75 Å². The quantitative estimate of drug-likeness (QED) is 0.632. The number of hydrogen-bond donors (Lipinski definition) is 0. The Morgan fingerprint density at radius 1 is 1.00 bits per heavy atom. The van der Waals surface area contributed by atoms with Crippen molar-refractivity contribution in [1.29, 1.82) is 0 Å². The number of amides is 2. The summed E-state index contributed by atoms with van der Waals surface area (Å²) in [4.78, 5) is 27.4. The van der Waals surface area contributed by atoms with Crippen molar-refractivity contribution in [2.24, 2.45) is 35.5 Å². The van der Waals surface area contributed by atoms with E-state index in [1.807, 2.05) is 24.3 Å². The Kier molecular flexibility index (Phi) is 2.94. The molecule has 1 saturated heterocycles. The summed E-state index contributed by atoms with van der Waals surface area (Å²) in [7, 11) is 0. The summed E-state index contributed by atoms with van der Waals surface area (Å²) >= 11 is 0. The van der Waals surface area contributed by atoms with Gasteiger partial charge in [-0.25, -0.2) is 0 Å². The molecule has 6 atom stereocenters. The number of carbonyl (C=O) groups excluding carboxylic acids is 2. The number of hydrogen-bond acceptors (Lipinski definition) is 3. The highest BCUT2D eigenvalue weighted by Gasteiger charge is 2.67. The molecule has 5 aliphatic rings. The number of ether oxygens (including phenoxy) is 1. The average Bonchev–Trinajstić information content (AvgIpc) is 3.38. The Balaban J connectivity index is 1.44. The maximum absolute atomic E-state index is 13.0. The molecule has 3 fully saturated rings. The van der Waals surface area contributed by atoms with E-state index in [4.69, 9.17) is 4.74 Å². The van der Waals surface area contributed by atoms with Gasteiger partial charge in [0, 0.05) is 0 Å². The molecule has 1 aromatic carbocycles. The standard InChI is InChI=1S/C20H21NO3/c1-2-9-24-12-5-3-11(4-6-12)21-19(22)17-13-7-8-14(16-10-15(13)16)18(17)20(21)23/h3-8,13-18H,2,9-10H2,1H3/t13-,14-,15-,16+,17+,18-/m1/s1. The molecule has 1 aliphatic heterocycles. The smallest absolute Gasteiger partial charge is 0.238 e. The van der Waals surface area contributed by atoms with Crippen LogP contribution in [0.1, 0.15) is 19.8 Å². The minimum atomic E-state index is -0.132. The molecule has 2 saturated carbocycles.